The molecule has 0 amide bonds. The number of aliphatic imine (C=N–C) groups is 1. The van der Waals surface area contributed by atoms with Crippen LogP contribution in [0.4, 0.5) is 0 Å². The van der Waals surface area contributed by atoms with E-state index >= 15 is 0 Å². The third kappa shape index (κ3) is 5.34. The van der Waals surface area contributed by atoms with Gasteiger partial charge in [0.1, 0.15) is 0 Å². The molecule has 1 aliphatic rings. The van der Waals surface area contributed by atoms with Gasteiger partial charge in [0.2, 0.25) is 0 Å². The Hall–Kier alpha value is -1.62. The number of pyridine rings is 1. The molecule has 1 aliphatic carbocycles. The van der Waals surface area contributed by atoms with Gasteiger partial charge in [-0.1, -0.05) is 6.07 Å². The highest BCUT2D eigenvalue weighted by atomic mass is 15.2. The van der Waals surface area contributed by atoms with Gasteiger partial charge in [-0.05, 0) is 45.0 Å². The molecule has 0 bridgehead atoms. The van der Waals surface area contributed by atoms with Gasteiger partial charge in [-0.25, -0.2) is 0 Å². The van der Waals surface area contributed by atoms with Crippen molar-refractivity contribution in [3.05, 3.63) is 30.1 Å². The zero-order valence-corrected chi connectivity index (χ0v) is 13.3. The van der Waals surface area contributed by atoms with Gasteiger partial charge in [-0.2, -0.15) is 0 Å². The minimum absolute atomic E-state index is 0.597. The maximum atomic E-state index is 4.32. The van der Waals surface area contributed by atoms with Crippen LogP contribution in [0.25, 0.3) is 0 Å². The molecule has 1 fully saturated rings. The molecule has 1 aromatic rings. The van der Waals surface area contributed by atoms with E-state index in [4.69, 9.17) is 0 Å². The van der Waals surface area contributed by atoms with E-state index in [1.165, 1.54) is 12.8 Å². The molecule has 1 atom stereocenters. The Balaban J connectivity index is 1.70. The van der Waals surface area contributed by atoms with E-state index < -0.39 is 0 Å². The topological polar surface area (TPSA) is 52.6 Å². The van der Waals surface area contributed by atoms with Gasteiger partial charge in [0.05, 0.1) is 0 Å². The number of hydrogen-bond acceptors (Lipinski definition) is 3. The zero-order chi connectivity index (χ0) is 15.1. The molecule has 0 spiro atoms. The molecule has 5 heteroatoms. The van der Waals surface area contributed by atoms with E-state index in [-0.39, 0.29) is 0 Å². The molecule has 1 aromatic heterocycles. The molecule has 0 aromatic carbocycles. The van der Waals surface area contributed by atoms with Gasteiger partial charge in [0.25, 0.3) is 0 Å². The first-order chi connectivity index (χ1) is 10.2. The van der Waals surface area contributed by atoms with Crippen molar-refractivity contribution in [2.75, 3.05) is 34.2 Å². The highest BCUT2D eigenvalue weighted by Gasteiger charge is 2.32. The second-order valence-corrected chi connectivity index (χ2v) is 5.82. The SMILES string of the molecule is CN=C(NCCc1ccccn1)NCC(C1CC1)N(C)C. The Morgan fingerprint density at radius 2 is 2.19 bits per heavy atom. The van der Waals surface area contributed by atoms with Crippen molar-refractivity contribution in [3.8, 4) is 0 Å². The lowest BCUT2D eigenvalue weighted by Gasteiger charge is -2.25. The third-order valence-corrected chi connectivity index (χ3v) is 3.93. The predicted octanol–water partition coefficient (Wildman–Crippen LogP) is 1.13. The molecule has 2 N–H and O–H groups in total. The summed E-state index contributed by atoms with van der Waals surface area (Å²) < 4.78 is 0. The van der Waals surface area contributed by atoms with Crippen molar-refractivity contribution >= 4 is 5.96 Å². The summed E-state index contributed by atoms with van der Waals surface area (Å²) in [6.07, 6.45) is 5.45. The minimum atomic E-state index is 0.597. The Labute approximate surface area is 127 Å². The summed E-state index contributed by atoms with van der Waals surface area (Å²) in [7, 11) is 6.13. The zero-order valence-electron chi connectivity index (χ0n) is 13.3. The highest BCUT2D eigenvalue weighted by molar-refractivity contribution is 5.79. The number of rotatable bonds is 7. The molecular formula is C16H27N5. The molecule has 116 valence electrons. The number of nitrogens with zero attached hydrogens (tertiary/aromatic N) is 3. The Bertz CT molecular complexity index is 437. The molecule has 1 saturated carbocycles. The molecular weight excluding hydrogens is 262 g/mol. The fraction of sp³-hybridized carbons (Fsp3) is 0.625. The third-order valence-electron chi connectivity index (χ3n) is 3.93. The van der Waals surface area contributed by atoms with Crippen LogP contribution >= 0.6 is 0 Å². The van der Waals surface area contributed by atoms with Crippen LogP contribution < -0.4 is 10.6 Å². The first-order valence-corrected chi connectivity index (χ1v) is 7.71. The standard InChI is InChI=1S/C16H27N5/c1-17-16(19-11-9-14-6-4-5-10-18-14)20-12-15(21(2)3)13-7-8-13/h4-6,10,13,15H,7-9,11-12H2,1-3H3,(H2,17,19,20). The molecule has 1 heterocycles. The second kappa shape index (κ2) is 7.98. The van der Waals surface area contributed by atoms with Crippen molar-refractivity contribution in [1.29, 1.82) is 0 Å². The van der Waals surface area contributed by atoms with Gasteiger partial charge in [-0.15, -0.1) is 0 Å². The summed E-state index contributed by atoms with van der Waals surface area (Å²) in [6, 6.07) is 6.61. The molecule has 0 radical (unpaired) electrons. The van der Waals surface area contributed by atoms with Crippen LogP contribution in [0.2, 0.25) is 0 Å². The van der Waals surface area contributed by atoms with Gasteiger partial charge in [0, 0.05) is 44.5 Å². The number of hydrogen-bond donors (Lipinski definition) is 2. The number of likely N-dealkylation sites (N-methyl/N-ethyl adjacent to an activating group) is 1. The van der Waals surface area contributed by atoms with E-state index in [0.29, 0.717) is 6.04 Å². The van der Waals surface area contributed by atoms with Crippen LogP contribution in [0.15, 0.2) is 29.4 Å². The van der Waals surface area contributed by atoms with E-state index in [9.17, 15) is 0 Å². The Morgan fingerprint density at radius 3 is 2.76 bits per heavy atom. The average molecular weight is 289 g/mol. The number of guanidine groups is 1. The van der Waals surface area contributed by atoms with Gasteiger partial charge >= 0.3 is 0 Å². The van der Waals surface area contributed by atoms with Crippen molar-refractivity contribution < 1.29 is 0 Å². The van der Waals surface area contributed by atoms with Crippen molar-refractivity contribution in [2.45, 2.75) is 25.3 Å². The maximum absolute atomic E-state index is 4.32. The molecule has 2 rings (SSSR count). The van der Waals surface area contributed by atoms with E-state index in [0.717, 1.165) is 37.1 Å². The summed E-state index contributed by atoms with van der Waals surface area (Å²) in [5, 5.41) is 6.79. The second-order valence-electron chi connectivity index (χ2n) is 5.82. The quantitative estimate of drug-likeness (QED) is 0.584. The van der Waals surface area contributed by atoms with Crippen LogP contribution in [0.3, 0.4) is 0 Å². The van der Waals surface area contributed by atoms with Crippen molar-refractivity contribution in [2.24, 2.45) is 10.9 Å². The number of nitrogens with one attached hydrogen (secondary N) is 2. The van der Waals surface area contributed by atoms with Crippen LogP contribution in [0.5, 0.6) is 0 Å². The highest BCUT2D eigenvalue weighted by Crippen LogP contribution is 2.34. The van der Waals surface area contributed by atoms with Crippen molar-refractivity contribution in [1.82, 2.24) is 20.5 Å². The van der Waals surface area contributed by atoms with Gasteiger partial charge < -0.3 is 15.5 Å². The average Bonchev–Trinajstić information content (AvgIpc) is 3.31. The smallest absolute Gasteiger partial charge is 0.191 e. The van der Waals surface area contributed by atoms with Gasteiger partial charge in [0.15, 0.2) is 5.96 Å². The fourth-order valence-corrected chi connectivity index (χ4v) is 2.53. The van der Waals surface area contributed by atoms with Crippen molar-refractivity contribution in [3.63, 3.8) is 0 Å². The molecule has 0 aliphatic heterocycles. The molecule has 21 heavy (non-hydrogen) atoms. The van der Waals surface area contributed by atoms with Crippen LogP contribution in [0.1, 0.15) is 18.5 Å². The summed E-state index contributed by atoms with van der Waals surface area (Å²) in [5.41, 5.74) is 1.10. The molecule has 1 unspecified atom stereocenters. The summed E-state index contributed by atoms with van der Waals surface area (Å²) in [5.74, 6) is 1.72. The summed E-state index contributed by atoms with van der Waals surface area (Å²) in [4.78, 5) is 10.9. The predicted molar refractivity (Wildman–Crippen MR) is 87.5 cm³/mol. The summed E-state index contributed by atoms with van der Waals surface area (Å²) >= 11 is 0. The molecule has 0 saturated heterocycles. The first kappa shape index (κ1) is 15.8. The number of aromatic nitrogens is 1. The maximum Gasteiger partial charge on any atom is 0.191 e. The van der Waals surface area contributed by atoms with Crippen LogP contribution in [-0.2, 0) is 6.42 Å². The first-order valence-electron chi connectivity index (χ1n) is 7.71. The van der Waals surface area contributed by atoms with E-state index in [1.54, 1.807) is 0 Å². The van der Waals surface area contributed by atoms with Gasteiger partial charge in [-0.3, -0.25) is 9.98 Å². The lowest BCUT2D eigenvalue weighted by molar-refractivity contribution is 0.264. The lowest BCUT2D eigenvalue weighted by atomic mass is 10.1. The minimum Gasteiger partial charge on any atom is -0.356 e. The lowest BCUT2D eigenvalue weighted by Crippen LogP contribution is -2.46. The van der Waals surface area contributed by atoms with E-state index in [1.807, 2.05) is 31.4 Å². The van der Waals surface area contributed by atoms with E-state index in [2.05, 4.69) is 39.6 Å². The normalized spacial score (nSPS) is 16.9. The molecule has 5 nitrogen and oxygen atoms in total. The van der Waals surface area contributed by atoms with Crippen LogP contribution in [-0.4, -0.2) is 56.1 Å². The fourth-order valence-electron chi connectivity index (χ4n) is 2.53. The summed E-state index contributed by atoms with van der Waals surface area (Å²) in [6.45, 7) is 1.79. The Morgan fingerprint density at radius 1 is 1.38 bits per heavy atom. The van der Waals surface area contributed by atoms with Crippen LogP contribution in [0, 0.1) is 5.92 Å². The Kier molecular flexibility index (Phi) is 5.99. The monoisotopic (exact) mass is 289 g/mol. The largest absolute Gasteiger partial charge is 0.356 e.